The molecule has 1 saturated carbocycles. The van der Waals surface area contributed by atoms with E-state index in [1.54, 1.807) is 0 Å². The van der Waals surface area contributed by atoms with Crippen LogP contribution in [0.2, 0.25) is 0 Å². The first kappa shape index (κ1) is 10.4. The van der Waals surface area contributed by atoms with Crippen molar-refractivity contribution in [1.82, 2.24) is 10.2 Å². The number of likely N-dealkylation sites (N-methyl/N-ethyl adjacent to an activating group) is 1. The fourth-order valence-corrected chi connectivity index (χ4v) is 1.13. The third-order valence-corrected chi connectivity index (χ3v) is 2.13. The Bertz CT molecular complexity index is 183. The third kappa shape index (κ3) is 3.67. The van der Waals surface area contributed by atoms with Crippen LogP contribution in [0.25, 0.3) is 0 Å². The summed E-state index contributed by atoms with van der Waals surface area (Å²) >= 11 is 0. The zero-order valence-electron chi connectivity index (χ0n) is 7.59. The molecule has 1 N–H and O–H groups in total. The molecule has 0 saturated heterocycles. The molecule has 1 amide bonds. The summed E-state index contributed by atoms with van der Waals surface area (Å²) in [6, 6.07) is 0.600. The molecular weight excluding hydrogens is 178 g/mol. The minimum absolute atomic E-state index is 0.302. The Kier molecular flexibility index (Phi) is 3.59. The zero-order valence-corrected chi connectivity index (χ0v) is 7.59. The van der Waals surface area contributed by atoms with E-state index < -0.39 is 12.3 Å². The van der Waals surface area contributed by atoms with Gasteiger partial charge in [-0.05, 0) is 19.9 Å². The Labute approximate surface area is 76.1 Å². The topological polar surface area (TPSA) is 32.3 Å². The van der Waals surface area contributed by atoms with Crippen LogP contribution in [0.4, 0.5) is 8.78 Å². The highest BCUT2D eigenvalue weighted by Crippen LogP contribution is 2.24. The molecule has 1 fully saturated rings. The second kappa shape index (κ2) is 4.50. The lowest BCUT2D eigenvalue weighted by molar-refractivity contribution is -0.131. The largest absolute Gasteiger partial charge is 0.350 e. The highest BCUT2D eigenvalue weighted by Gasteiger charge is 2.25. The van der Waals surface area contributed by atoms with Crippen LogP contribution >= 0.6 is 0 Å². The van der Waals surface area contributed by atoms with E-state index in [4.69, 9.17) is 0 Å². The van der Waals surface area contributed by atoms with Gasteiger partial charge < -0.3 is 10.2 Å². The number of hydrogen-bond donors (Lipinski definition) is 1. The van der Waals surface area contributed by atoms with Crippen LogP contribution in [0.5, 0.6) is 0 Å². The van der Waals surface area contributed by atoms with Gasteiger partial charge in [0.1, 0.15) is 0 Å². The summed E-state index contributed by atoms with van der Waals surface area (Å²) in [4.78, 5) is 12.5. The van der Waals surface area contributed by atoms with Gasteiger partial charge in [-0.15, -0.1) is 0 Å². The van der Waals surface area contributed by atoms with Crippen LogP contribution in [-0.2, 0) is 4.79 Å². The Morgan fingerprint density at radius 3 is 2.69 bits per heavy atom. The number of amides is 1. The number of carbonyl (C=O) groups excluding carboxylic acids is 1. The van der Waals surface area contributed by atoms with E-state index in [2.05, 4.69) is 10.2 Å². The average molecular weight is 192 g/mol. The molecule has 0 unspecified atom stereocenters. The fourth-order valence-electron chi connectivity index (χ4n) is 1.13. The van der Waals surface area contributed by atoms with E-state index in [0.717, 1.165) is 0 Å². The number of rotatable bonds is 5. The molecular formula is C8H14F2N2O. The van der Waals surface area contributed by atoms with Gasteiger partial charge in [0, 0.05) is 19.1 Å². The molecule has 0 aromatic heterocycles. The minimum atomic E-state index is -2.90. The summed E-state index contributed by atoms with van der Waals surface area (Å²) in [6.07, 6.45) is -0.537. The van der Waals surface area contributed by atoms with Crippen LogP contribution in [0.15, 0.2) is 0 Å². The monoisotopic (exact) mass is 192 g/mol. The molecule has 0 aromatic carbocycles. The summed E-state index contributed by atoms with van der Waals surface area (Å²) in [7, 11) is 1.94. The lowest BCUT2D eigenvalue weighted by Gasteiger charge is -2.15. The summed E-state index contributed by atoms with van der Waals surface area (Å²) in [5.41, 5.74) is 0. The van der Waals surface area contributed by atoms with E-state index in [1.807, 2.05) is 7.05 Å². The number of alkyl halides is 2. The molecule has 1 rings (SSSR count). The van der Waals surface area contributed by atoms with Gasteiger partial charge in [-0.1, -0.05) is 0 Å². The van der Waals surface area contributed by atoms with Crippen LogP contribution in [0, 0.1) is 0 Å². The number of nitrogens with one attached hydrogen (secondary N) is 1. The maximum absolute atomic E-state index is 11.7. The van der Waals surface area contributed by atoms with Gasteiger partial charge in [0.05, 0.1) is 0 Å². The Balaban J connectivity index is 2.02. The van der Waals surface area contributed by atoms with Crippen molar-refractivity contribution in [2.75, 3.05) is 20.1 Å². The van der Waals surface area contributed by atoms with Crippen molar-refractivity contribution in [3.05, 3.63) is 0 Å². The molecule has 1 aliphatic rings. The molecule has 0 aromatic rings. The second-order valence-electron chi connectivity index (χ2n) is 3.30. The van der Waals surface area contributed by atoms with E-state index in [1.165, 1.54) is 12.8 Å². The Hall–Kier alpha value is -0.710. The first-order valence-corrected chi connectivity index (χ1v) is 4.37. The number of halogens is 2. The van der Waals surface area contributed by atoms with Gasteiger partial charge in [0.15, 0.2) is 0 Å². The van der Waals surface area contributed by atoms with Crippen molar-refractivity contribution < 1.29 is 13.6 Å². The molecule has 0 atom stereocenters. The van der Waals surface area contributed by atoms with Gasteiger partial charge in [-0.3, -0.25) is 4.79 Å². The van der Waals surface area contributed by atoms with Crippen molar-refractivity contribution in [2.24, 2.45) is 0 Å². The first-order chi connectivity index (χ1) is 6.11. The highest BCUT2D eigenvalue weighted by molar-refractivity contribution is 5.78. The smallest absolute Gasteiger partial charge is 0.315 e. The standard InChI is InChI=1S/C8H14F2N2O/c1-12(6-2-3-6)5-4-11-8(13)7(9)10/h6-7H,2-5H2,1H3,(H,11,13). The van der Waals surface area contributed by atoms with Gasteiger partial charge in [-0.2, -0.15) is 8.78 Å². The second-order valence-corrected chi connectivity index (χ2v) is 3.30. The molecule has 0 radical (unpaired) electrons. The SMILES string of the molecule is CN(CCNC(=O)C(F)F)C1CC1. The quantitative estimate of drug-likeness (QED) is 0.686. The van der Waals surface area contributed by atoms with E-state index in [9.17, 15) is 13.6 Å². The Morgan fingerprint density at radius 2 is 2.23 bits per heavy atom. The molecule has 76 valence electrons. The summed E-state index contributed by atoms with van der Waals surface area (Å²) in [5.74, 6) is -1.18. The first-order valence-electron chi connectivity index (χ1n) is 4.37. The zero-order chi connectivity index (χ0) is 9.84. The molecule has 0 spiro atoms. The van der Waals surface area contributed by atoms with Crippen LogP contribution in [-0.4, -0.2) is 43.4 Å². The van der Waals surface area contributed by atoms with Gasteiger partial charge in [0.25, 0.3) is 5.91 Å². The predicted octanol–water partition coefficient (Wildman–Crippen LogP) is 0.462. The molecule has 0 heterocycles. The average Bonchev–Trinajstić information content (AvgIpc) is 2.85. The number of nitrogens with zero attached hydrogens (tertiary/aromatic N) is 1. The third-order valence-electron chi connectivity index (χ3n) is 2.13. The van der Waals surface area contributed by atoms with Crippen molar-refractivity contribution in [3.8, 4) is 0 Å². The molecule has 1 aliphatic carbocycles. The molecule has 0 bridgehead atoms. The maximum atomic E-state index is 11.7. The summed E-state index contributed by atoms with van der Waals surface area (Å²) in [5, 5.41) is 2.17. The summed E-state index contributed by atoms with van der Waals surface area (Å²) < 4.78 is 23.4. The van der Waals surface area contributed by atoms with Crippen LogP contribution in [0.3, 0.4) is 0 Å². The molecule has 5 heteroatoms. The molecule has 3 nitrogen and oxygen atoms in total. The van der Waals surface area contributed by atoms with Crippen molar-refractivity contribution >= 4 is 5.91 Å². The van der Waals surface area contributed by atoms with Crippen molar-refractivity contribution in [2.45, 2.75) is 25.3 Å². The Morgan fingerprint density at radius 1 is 1.62 bits per heavy atom. The maximum Gasteiger partial charge on any atom is 0.315 e. The van der Waals surface area contributed by atoms with E-state index in [-0.39, 0.29) is 0 Å². The normalized spacial score (nSPS) is 16.7. The van der Waals surface area contributed by atoms with Crippen LogP contribution in [0.1, 0.15) is 12.8 Å². The fraction of sp³-hybridized carbons (Fsp3) is 0.875. The van der Waals surface area contributed by atoms with Crippen LogP contribution < -0.4 is 5.32 Å². The number of hydrogen-bond acceptors (Lipinski definition) is 2. The predicted molar refractivity (Wildman–Crippen MR) is 44.7 cm³/mol. The number of carbonyl (C=O) groups is 1. The lowest BCUT2D eigenvalue weighted by Crippen LogP contribution is -2.36. The van der Waals surface area contributed by atoms with E-state index >= 15 is 0 Å². The lowest BCUT2D eigenvalue weighted by atomic mass is 10.5. The van der Waals surface area contributed by atoms with Crippen molar-refractivity contribution in [1.29, 1.82) is 0 Å². The molecule has 0 aliphatic heterocycles. The van der Waals surface area contributed by atoms with Gasteiger partial charge in [0.2, 0.25) is 0 Å². The summed E-state index contributed by atoms with van der Waals surface area (Å²) in [6.45, 7) is 0.944. The minimum Gasteiger partial charge on any atom is -0.350 e. The highest BCUT2D eigenvalue weighted by atomic mass is 19.3. The van der Waals surface area contributed by atoms with E-state index in [0.29, 0.717) is 19.1 Å². The van der Waals surface area contributed by atoms with Crippen molar-refractivity contribution in [3.63, 3.8) is 0 Å². The van der Waals surface area contributed by atoms with Gasteiger partial charge >= 0.3 is 6.43 Å². The molecule has 13 heavy (non-hydrogen) atoms. The van der Waals surface area contributed by atoms with Gasteiger partial charge in [-0.25, -0.2) is 0 Å².